The number of nitrogens with one attached hydrogen (secondary N) is 1. The van der Waals surface area contributed by atoms with E-state index in [2.05, 4.69) is 29.6 Å². The number of carbonyl (C=O) groups is 2. The average molecular weight is 548 g/mol. The highest BCUT2D eigenvalue weighted by atomic mass is 35.5. The summed E-state index contributed by atoms with van der Waals surface area (Å²) in [6.07, 6.45) is 2.05. The van der Waals surface area contributed by atoms with E-state index >= 15 is 0 Å². The van der Waals surface area contributed by atoms with Gasteiger partial charge in [0.1, 0.15) is 6.04 Å². The molecule has 4 aromatic carbocycles. The molecule has 0 fully saturated rings. The molecule has 0 heterocycles. The van der Waals surface area contributed by atoms with Crippen LogP contribution in [0.2, 0.25) is 10.0 Å². The van der Waals surface area contributed by atoms with Gasteiger partial charge in [0.2, 0.25) is 11.8 Å². The highest BCUT2D eigenvalue weighted by Crippen LogP contribution is 2.25. The summed E-state index contributed by atoms with van der Waals surface area (Å²) in [6.45, 7) is 2.76. The minimum Gasteiger partial charge on any atom is -0.354 e. The summed E-state index contributed by atoms with van der Waals surface area (Å²) >= 11 is 12.7. The SMILES string of the molecule is CCCNC(=O)[C@H](Cc1ccccc1)N(Cc1ccc(Cl)cc1Cl)C(=O)CCc1cccc2ccccc12. The quantitative estimate of drug-likeness (QED) is 0.215. The second kappa shape index (κ2) is 13.5. The Bertz CT molecular complexity index is 1390. The van der Waals surface area contributed by atoms with Gasteiger partial charge in [-0.25, -0.2) is 0 Å². The van der Waals surface area contributed by atoms with Crippen molar-refractivity contribution >= 4 is 45.8 Å². The Morgan fingerprint density at radius 2 is 1.61 bits per heavy atom. The summed E-state index contributed by atoms with van der Waals surface area (Å²) < 4.78 is 0. The van der Waals surface area contributed by atoms with Gasteiger partial charge in [0, 0.05) is 36.0 Å². The first-order valence-corrected chi connectivity index (χ1v) is 13.7. The molecule has 0 unspecified atom stereocenters. The molecule has 196 valence electrons. The third-order valence-corrected chi connectivity index (χ3v) is 7.25. The fourth-order valence-corrected chi connectivity index (χ4v) is 5.12. The summed E-state index contributed by atoms with van der Waals surface area (Å²) in [5, 5.41) is 6.28. The van der Waals surface area contributed by atoms with Gasteiger partial charge in [0.15, 0.2) is 0 Å². The van der Waals surface area contributed by atoms with Crippen LogP contribution >= 0.6 is 23.2 Å². The first kappa shape index (κ1) is 27.7. The van der Waals surface area contributed by atoms with E-state index in [-0.39, 0.29) is 24.8 Å². The van der Waals surface area contributed by atoms with E-state index in [0.29, 0.717) is 29.4 Å². The van der Waals surface area contributed by atoms with Crippen molar-refractivity contribution in [2.24, 2.45) is 0 Å². The lowest BCUT2D eigenvalue weighted by Gasteiger charge is -2.32. The number of fused-ring (bicyclic) bond motifs is 1. The molecule has 0 aliphatic carbocycles. The molecule has 0 radical (unpaired) electrons. The van der Waals surface area contributed by atoms with Crippen LogP contribution in [0.3, 0.4) is 0 Å². The molecule has 4 aromatic rings. The topological polar surface area (TPSA) is 49.4 Å². The first-order valence-electron chi connectivity index (χ1n) is 13.0. The molecular formula is C32H32Cl2N2O2. The molecule has 2 amide bonds. The number of hydrogen-bond donors (Lipinski definition) is 1. The lowest BCUT2D eigenvalue weighted by atomic mass is 9.99. The Morgan fingerprint density at radius 3 is 2.37 bits per heavy atom. The van der Waals surface area contributed by atoms with Crippen LogP contribution in [-0.2, 0) is 29.0 Å². The molecule has 0 aliphatic heterocycles. The number of benzene rings is 4. The number of hydrogen-bond acceptors (Lipinski definition) is 2. The minimum absolute atomic E-state index is 0.100. The van der Waals surface area contributed by atoms with Gasteiger partial charge >= 0.3 is 0 Å². The molecule has 0 aliphatic rings. The molecule has 38 heavy (non-hydrogen) atoms. The van der Waals surface area contributed by atoms with E-state index in [1.54, 1.807) is 17.0 Å². The van der Waals surface area contributed by atoms with E-state index in [4.69, 9.17) is 23.2 Å². The van der Waals surface area contributed by atoms with Crippen molar-refractivity contribution in [1.82, 2.24) is 10.2 Å². The number of halogens is 2. The van der Waals surface area contributed by atoms with E-state index in [1.807, 2.05) is 61.5 Å². The smallest absolute Gasteiger partial charge is 0.243 e. The molecule has 1 atom stereocenters. The van der Waals surface area contributed by atoms with Crippen molar-refractivity contribution in [1.29, 1.82) is 0 Å². The predicted molar refractivity (Wildman–Crippen MR) is 157 cm³/mol. The molecule has 0 saturated heterocycles. The van der Waals surface area contributed by atoms with Crippen molar-refractivity contribution < 1.29 is 9.59 Å². The van der Waals surface area contributed by atoms with Crippen LogP contribution in [-0.4, -0.2) is 29.3 Å². The largest absolute Gasteiger partial charge is 0.354 e. The van der Waals surface area contributed by atoms with Crippen molar-refractivity contribution in [3.05, 3.63) is 118 Å². The van der Waals surface area contributed by atoms with E-state index < -0.39 is 6.04 Å². The maximum absolute atomic E-state index is 13.9. The fraction of sp³-hybridized carbons (Fsp3) is 0.250. The first-order chi connectivity index (χ1) is 18.5. The van der Waals surface area contributed by atoms with Crippen LogP contribution in [0.5, 0.6) is 0 Å². The van der Waals surface area contributed by atoms with Gasteiger partial charge in [0.05, 0.1) is 0 Å². The summed E-state index contributed by atoms with van der Waals surface area (Å²) in [7, 11) is 0. The maximum Gasteiger partial charge on any atom is 0.243 e. The van der Waals surface area contributed by atoms with E-state index in [0.717, 1.165) is 33.9 Å². The number of nitrogens with zero attached hydrogens (tertiary/aromatic N) is 1. The van der Waals surface area contributed by atoms with E-state index in [1.165, 1.54) is 0 Å². The minimum atomic E-state index is -0.685. The number of rotatable bonds is 11. The van der Waals surface area contributed by atoms with Crippen molar-refractivity contribution in [3.8, 4) is 0 Å². The predicted octanol–water partition coefficient (Wildman–Crippen LogP) is 7.25. The van der Waals surface area contributed by atoms with Crippen LogP contribution in [0.1, 0.15) is 36.5 Å². The maximum atomic E-state index is 13.9. The molecular weight excluding hydrogens is 515 g/mol. The third-order valence-electron chi connectivity index (χ3n) is 6.66. The van der Waals surface area contributed by atoms with Gasteiger partial charge in [-0.2, -0.15) is 0 Å². The van der Waals surface area contributed by atoms with Crippen LogP contribution in [0.25, 0.3) is 10.8 Å². The number of amides is 2. The number of aryl methyl sites for hydroxylation is 1. The zero-order chi connectivity index (χ0) is 26.9. The van der Waals surface area contributed by atoms with Crippen LogP contribution in [0, 0.1) is 0 Å². The summed E-state index contributed by atoms with van der Waals surface area (Å²) in [4.78, 5) is 29.1. The van der Waals surface area contributed by atoms with Crippen LogP contribution < -0.4 is 5.32 Å². The lowest BCUT2D eigenvalue weighted by molar-refractivity contribution is -0.141. The van der Waals surface area contributed by atoms with Gasteiger partial charge in [-0.3, -0.25) is 9.59 Å². The standard InChI is InChI=1S/C32H32Cl2N2O2/c1-2-19-35-32(38)30(20-23-9-4-3-5-10-23)36(22-26-15-17-27(33)21-29(26)34)31(37)18-16-25-13-8-12-24-11-6-7-14-28(24)25/h3-15,17,21,30H,2,16,18-20,22H2,1H3,(H,35,38)/t30-/m0/s1. The molecule has 0 saturated carbocycles. The molecule has 4 rings (SSSR count). The summed E-state index contributed by atoms with van der Waals surface area (Å²) in [6, 6.07) is 28.7. The molecule has 0 spiro atoms. The van der Waals surface area contributed by atoms with Gasteiger partial charge < -0.3 is 10.2 Å². The molecule has 0 bridgehead atoms. The monoisotopic (exact) mass is 546 g/mol. The zero-order valence-corrected chi connectivity index (χ0v) is 23.0. The Balaban J connectivity index is 1.65. The van der Waals surface area contributed by atoms with Crippen molar-refractivity contribution in [2.45, 2.75) is 45.2 Å². The van der Waals surface area contributed by atoms with E-state index in [9.17, 15) is 9.59 Å². The van der Waals surface area contributed by atoms with Gasteiger partial charge in [-0.05, 0) is 52.4 Å². The molecule has 0 aromatic heterocycles. The van der Waals surface area contributed by atoms with Crippen molar-refractivity contribution in [2.75, 3.05) is 6.54 Å². The van der Waals surface area contributed by atoms with Gasteiger partial charge in [-0.15, -0.1) is 0 Å². The molecule has 6 heteroatoms. The lowest BCUT2D eigenvalue weighted by Crippen LogP contribution is -2.50. The number of carbonyl (C=O) groups excluding carboxylic acids is 2. The van der Waals surface area contributed by atoms with Gasteiger partial charge in [0.25, 0.3) is 0 Å². The molecule has 1 N–H and O–H groups in total. The van der Waals surface area contributed by atoms with Crippen molar-refractivity contribution in [3.63, 3.8) is 0 Å². The average Bonchev–Trinajstić information content (AvgIpc) is 2.93. The second-order valence-corrected chi connectivity index (χ2v) is 10.2. The second-order valence-electron chi connectivity index (χ2n) is 9.39. The highest BCUT2D eigenvalue weighted by Gasteiger charge is 2.30. The van der Waals surface area contributed by atoms with Crippen LogP contribution in [0.4, 0.5) is 0 Å². The Morgan fingerprint density at radius 1 is 0.868 bits per heavy atom. The Kier molecular flexibility index (Phi) is 9.80. The van der Waals surface area contributed by atoms with Gasteiger partial charge in [-0.1, -0.05) is 109 Å². The fourth-order valence-electron chi connectivity index (χ4n) is 4.65. The summed E-state index contributed by atoms with van der Waals surface area (Å²) in [5.74, 6) is -0.268. The Labute approximate surface area is 234 Å². The van der Waals surface area contributed by atoms with Crippen LogP contribution in [0.15, 0.2) is 91.0 Å². The normalized spacial score (nSPS) is 11.8. The zero-order valence-electron chi connectivity index (χ0n) is 21.5. The molecule has 4 nitrogen and oxygen atoms in total. The Hall–Kier alpha value is -3.34. The highest BCUT2D eigenvalue weighted by molar-refractivity contribution is 6.35. The summed E-state index contributed by atoms with van der Waals surface area (Å²) in [5.41, 5.74) is 2.84. The third kappa shape index (κ3) is 7.15.